The van der Waals surface area contributed by atoms with E-state index in [0.29, 0.717) is 15.9 Å². The topological polar surface area (TPSA) is 98.6 Å². The van der Waals surface area contributed by atoms with Crippen LogP contribution in [-0.4, -0.2) is 50.2 Å². The first-order valence-electron chi connectivity index (χ1n) is 7.05. The van der Waals surface area contributed by atoms with E-state index in [9.17, 15) is 15.3 Å². The SMILES string of the molecule is Cc1cnc2[nH]c(=S)c([C@@H]3O[C@H](CO)C(O)C3O)cc2c1C. The van der Waals surface area contributed by atoms with Gasteiger partial charge in [0.25, 0.3) is 0 Å². The average molecular weight is 322 g/mol. The van der Waals surface area contributed by atoms with Gasteiger partial charge in [-0.3, -0.25) is 0 Å². The molecule has 1 fully saturated rings. The number of aromatic amines is 1. The lowest BCUT2D eigenvalue weighted by Gasteiger charge is -2.16. The number of ether oxygens (including phenoxy) is 1. The summed E-state index contributed by atoms with van der Waals surface area (Å²) in [5.41, 5.74) is 3.36. The molecule has 2 unspecified atom stereocenters. The van der Waals surface area contributed by atoms with Gasteiger partial charge in [-0.2, -0.15) is 0 Å². The van der Waals surface area contributed by atoms with Gasteiger partial charge in [0, 0.05) is 17.1 Å². The molecule has 0 bridgehead atoms. The molecule has 118 valence electrons. The van der Waals surface area contributed by atoms with Crippen molar-refractivity contribution < 1.29 is 20.1 Å². The number of aliphatic hydroxyl groups excluding tert-OH is 3. The van der Waals surface area contributed by atoms with Gasteiger partial charge in [-0.15, -0.1) is 0 Å². The molecule has 0 radical (unpaired) electrons. The molecule has 0 spiro atoms. The Morgan fingerprint density at radius 2 is 2.05 bits per heavy atom. The second-order valence-corrected chi connectivity index (χ2v) is 6.05. The molecule has 0 aliphatic carbocycles. The molecule has 22 heavy (non-hydrogen) atoms. The molecule has 4 atom stereocenters. The summed E-state index contributed by atoms with van der Waals surface area (Å²) in [6, 6.07) is 1.84. The zero-order valence-corrected chi connectivity index (χ0v) is 13.1. The predicted molar refractivity (Wildman–Crippen MR) is 83.1 cm³/mol. The van der Waals surface area contributed by atoms with Crippen molar-refractivity contribution in [1.29, 1.82) is 0 Å². The van der Waals surface area contributed by atoms with Crippen molar-refractivity contribution in [3.8, 4) is 0 Å². The molecule has 0 amide bonds. The number of aromatic nitrogens is 2. The summed E-state index contributed by atoms with van der Waals surface area (Å²) in [4.78, 5) is 7.36. The molecule has 0 aromatic carbocycles. The maximum atomic E-state index is 10.2. The summed E-state index contributed by atoms with van der Waals surface area (Å²) in [5, 5.41) is 30.2. The van der Waals surface area contributed by atoms with E-state index >= 15 is 0 Å². The van der Waals surface area contributed by atoms with Gasteiger partial charge in [-0.05, 0) is 31.0 Å². The largest absolute Gasteiger partial charge is 0.394 e. The number of aliphatic hydroxyl groups is 3. The van der Waals surface area contributed by atoms with Gasteiger partial charge in [0.15, 0.2) is 0 Å². The van der Waals surface area contributed by atoms with Crippen LogP contribution in [0.4, 0.5) is 0 Å². The summed E-state index contributed by atoms with van der Waals surface area (Å²) in [6.07, 6.45) is -2.10. The van der Waals surface area contributed by atoms with Crippen LogP contribution in [0.25, 0.3) is 11.0 Å². The quantitative estimate of drug-likeness (QED) is 0.617. The van der Waals surface area contributed by atoms with Crippen LogP contribution in [0.3, 0.4) is 0 Å². The van der Waals surface area contributed by atoms with E-state index in [-0.39, 0.29) is 6.61 Å². The third-order valence-electron chi connectivity index (χ3n) is 4.28. The number of nitrogens with one attached hydrogen (secondary N) is 1. The highest BCUT2D eigenvalue weighted by Crippen LogP contribution is 2.35. The summed E-state index contributed by atoms with van der Waals surface area (Å²) in [6.45, 7) is 3.59. The Morgan fingerprint density at radius 3 is 2.68 bits per heavy atom. The molecular weight excluding hydrogens is 304 g/mol. The summed E-state index contributed by atoms with van der Waals surface area (Å²) in [7, 11) is 0. The monoisotopic (exact) mass is 322 g/mol. The van der Waals surface area contributed by atoms with Crippen molar-refractivity contribution in [2.45, 2.75) is 38.3 Å². The molecule has 4 N–H and O–H groups in total. The van der Waals surface area contributed by atoms with Gasteiger partial charge in [-0.25, -0.2) is 4.98 Å². The second-order valence-electron chi connectivity index (χ2n) is 5.64. The first-order chi connectivity index (χ1) is 10.4. The van der Waals surface area contributed by atoms with E-state index in [1.807, 2.05) is 19.9 Å². The molecule has 1 aliphatic rings. The van der Waals surface area contributed by atoms with E-state index in [1.165, 1.54) is 0 Å². The minimum atomic E-state index is -1.14. The highest BCUT2D eigenvalue weighted by Gasteiger charge is 2.43. The minimum absolute atomic E-state index is 0.363. The minimum Gasteiger partial charge on any atom is -0.394 e. The van der Waals surface area contributed by atoms with Gasteiger partial charge >= 0.3 is 0 Å². The van der Waals surface area contributed by atoms with Crippen LogP contribution in [0.15, 0.2) is 12.3 Å². The third-order valence-corrected chi connectivity index (χ3v) is 4.62. The number of nitrogens with zero attached hydrogens (tertiary/aromatic N) is 1. The van der Waals surface area contributed by atoms with Gasteiger partial charge in [0.2, 0.25) is 0 Å². The molecule has 0 saturated carbocycles. The molecular formula is C15H18N2O4S. The van der Waals surface area contributed by atoms with E-state index in [4.69, 9.17) is 17.0 Å². The first-order valence-corrected chi connectivity index (χ1v) is 7.46. The van der Waals surface area contributed by atoms with Crippen molar-refractivity contribution in [2.75, 3.05) is 6.61 Å². The number of fused-ring (bicyclic) bond motifs is 1. The lowest BCUT2D eigenvalue weighted by atomic mass is 10.0. The number of rotatable bonds is 2. The Balaban J connectivity index is 2.13. The highest BCUT2D eigenvalue weighted by molar-refractivity contribution is 7.71. The zero-order chi connectivity index (χ0) is 16.0. The molecule has 1 aliphatic heterocycles. The predicted octanol–water partition coefficient (Wildman–Crippen LogP) is 1.06. The van der Waals surface area contributed by atoms with Crippen molar-refractivity contribution >= 4 is 23.3 Å². The lowest BCUT2D eigenvalue weighted by molar-refractivity contribution is -0.0229. The Labute approximate surface area is 132 Å². The van der Waals surface area contributed by atoms with Gasteiger partial charge in [-0.1, -0.05) is 12.2 Å². The van der Waals surface area contributed by atoms with Gasteiger partial charge < -0.3 is 25.0 Å². The van der Waals surface area contributed by atoms with Crippen LogP contribution >= 0.6 is 12.2 Å². The third kappa shape index (κ3) is 2.35. The van der Waals surface area contributed by atoms with Crippen molar-refractivity contribution in [1.82, 2.24) is 9.97 Å². The van der Waals surface area contributed by atoms with Crippen molar-refractivity contribution in [3.05, 3.63) is 33.6 Å². The Kier molecular flexibility index (Phi) is 4.00. The maximum Gasteiger partial charge on any atom is 0.138 e. The number of H-pyrrole nitrogens is 1. The molecule has 2 aromatic rings. The van der Waals surface area contributed by atoms with Gasteiger partial charge in [0.05, 0.1) is 6.61 Å². The highest BCUT2D eigenvalue weighted by atomic mass is 32.1. The van der Waals surface area contributed by atoms with Crippen LogP contribution < -0.4 is 0 Å². The Bertz CT molecular complexity index is 776. The smallest absolute Gasteiger partial charge is 0.138 e. The Morgan fingerprint density at radius 1 is 1.32 bits per heavy atom. The summed E-state index contributed by atoms with van der Waals surface area (Å²) in [5.74, 6) is 0. The maximum absolute atomic E-state index is 10.2. The van der Waals surface area contributed by atoms with Gasteiger partial charge in [0.1, 0.15) is 34.7 Å². The lowest BCUT2D eigenvalue weighted by Crippen LogP contribution is -2.32. The molecule has 1 saturated heterocycles. The molecule has 2 aromatic heterocycles. The molecule has 7 heteroatoms. The Hall–Kier alpha value is -1.38. The van der Waals surface area contributed by atoms with Crippen LogP contribution in [-0.2, 0) is 4.74 Å². The van der Waals surface area contributed by atoms with E-state index in [0.717, 1.165) is 16.5 Å². The standard InChI is InChI=1S/C15H18N2O4S/c1-6-4-16-14-8(7(6)2)3-9(15(22)17-14)13-12(20)11(19)10(5-18)21-13/h3-4,10-13,18-20H,5H2,1-2H3,(H,16,17,22)/t10-,11?,12?,13+/m1/s1. The average Bonchev–Trinajstić information content (AvgIpc) is 2.79. The number of hydrogen-bond donors (Lipinski definition) is 4. The van der Waals surface area contributed by atoms with Crippen LogP contribution in [0.1, 0.15) is 22.8 Å². The summed E-state index contributed by atoms with van der Waals surface area (Å²) >= 11 is 5.33. The second kappa shape index (κ2) is 5.68. The van der Waals surface area contributed by atoms with Crippen molar-refractivity contribution in [2.24, 2.45) is 0 Å². The fraction of sp³-hybridized carbons (Fsp3) is 0.467. The number of hydrogen-bond acceptors (Lipinski definition) is 6. The molecule has 6 nitrogen and oxygen atoms in total. The van der Waals surface area contributed by atoms with Crippen LogP contribution in [0.2, 0.25) is 0 Å². The van der Waals surface area contributed by atoms with Crippen LogP contribution in [0.5, 0.6) is 0 Å². The van der Waals surface area contributed by atoms with E-state index < -0.39 is 24.4 Å². The zero-order valence-electron chi connectivity index (χ0n) is 12.3. The molecule has 3 rings (SSSR count). The van der Waals surface area contributed by atoms with E-state index in [2.05, 4.69) is 9.97 Å². The van der Waals surface area contributed by atoms with Crippen molar-refractivity contribution in [3.63, 3.8) is 0 Å². The fourth-order valence-corrected chi connectivity index (χ4v) is 3.03. The number of pyridine rings is 2. The normalized spacial score (nSPS) is 28.4. The van der Waals surface area contributed by atoms with E-state index in [1.54, 1.807) is 6.20 Å². The van der Waals surface area contributed by atoms with Crippen LogP contribution in [0, 0.1) is 18.5 Å². The number of aryl methyl sites for hydroxylation is 2. The summed E-state index contributed by atoms with van der Waals surface area (Å²) < 4.78 is 5.96. The molecule has 3 heterocycles. The first kappa shape index (κ1) is 15.5. The fourth-order valence-electron chi connectivity index (χ4n) is 2.76.